The molecule has 2 nitrogen and oxygen atoms in total. The van der Waals surface area contributed by atoms with Crippen LogP contribution in [0.25, 0.3) is 0 Å². The maximum absolute atomic E-state index is 13.6. The first-order chi connectivity index (χ1) is 9.93. The van der Waals surface area contributed by atoms with Crippen LogP contribution < -0.4 is 5.32 Å². The number of halogens is 2. The molecule has 4 heteroatoms. The van der Waals surface area contributed by atoms with Gasteiger partial charge in [0.05, 0.1) is 0 Å². The van der Waals surface area contributed by atoms with E-state index in [9.17, 15) is 4.39 Å². The number of benzene rings is 1. The average Bonchev–Trinajstić information content (AvgIpc) is 2.44. The predicted octanol–water partition coefficient (Wildman–Crippen LogP) is 3.98. The zero-order chi connectivity index (χ0) is 15.5. The monoisotopic (exact) mass is 356 g/mol. The van der Waals surface area contributed by atoms with E-state index >= 15 is 0 Å². The molecule has 118 valence electrons. The van der Waals surface area contributed by atoms with Crippen LogP contribution in [-0.2, 0) is 6.42 Å². The Balaban J connectivity index is 2.13. The van der Waals surface area contributed by atoms with Crippen LogP contribution in [0.3, 0.4) is 0 Å². The zero-order valence-corrected chi connectivity index (χ0v) is 14.8. The number of rotatable bonds is 5. The van der Waals surface area contributed by atoms with Gasteiger partial charge in [-0.05, 0) is 77.0 Å². The van der Waals surface area contributed by atoms with Crippen molar-refractivity contribution in [2.75, 3.05) is 20.1 Å². The number of hydrogen-bond acceptors (Lipinski definition) is 2. The molecule has 1 aromatic carbocycles. The van der Waals surface area contributed by atoms with E-state index in [0.717, 1.165) is 29.5 Å². The van der Waals surface area contributed by atoms with Crippen molar-refractivity contribution in [3.63, 3.8) is 0 Å². The molecule has 21 heavy (non-hydrogen) atoms. The molecule has 1 aromatic rings. The van der Waals surface area contributed by atoms with E-state index < -0.39 is 0 Å². The van der Waals surface area contributed by atoms with E-state index in [1.807, 2.05) is 13.1 Å². The minimum absolute atomic E-state index is 0.0635. The standard InChI is InChI=1S/C17H26BrFN2/c1-17(2,21-7-5-4-6-8-21)16(20-3)11-13-9-14(18)12-15(19)10-13/h9-10,12,16,20H,4-8,11H2,1-3H3. The fourth-order valence-electron chi connectivity index (χ4n) is 3.36. The summed E-state index contributed by atoms with van der Waals surface area (Å²) in [6.45, 7) is 6.93. The molecule has 0 bridgehead atoms. The molecular weight excluding hydrogens is 331 g/mol. The van der Waals surface area contributed by atoms with Crippen molar-refractivity contribution in [3.8, 4) is 0 Å². The molecule has 1 unspecified atom stereocenters. The molecule has 1 aliphatic rings. The van der Waals surface area contributed by atoms with Gasteiger partial charge < -0.3 is 5.32 Å². The number of nitrogens with zero attached hydrogens (tertiary/aromatic N) is 1. The van der Waals surface area contributed by atoms with Crippen LogP contribution in [0.1, 0.15) is 38.7 Å². The largest absolute Gasteiger partial charge is 0.315 e. The normalized spacial score (nSPS) is 18.7. The highest BCUT2D eigenvalue weighted by Crippen LogP contribution is 2.26. The summed E-state index contributed by atoms with van der Waals surface area (Å²) >= 11 is 3.38. The molecular formula is C17H26BrFN2. The van der Waals surface area contributed by atoms with Gasteiger partial charge in [0.15, 0.2) is 0 Å². The van der Waals surface area contributed by atoms with Crippen LogP contribution in [0.4, 0.5) is 4.39 Å². The van der Waals surface area contributed by atoms with Crippen molar-refractivity contribution in [2.24, 2.45) is 0 Å². The lowest BCUT2D eigenvalue weighted by atomic mass is 9.86. The van der Waals surface area contributed by atoms with Crippen molar-refractivity contribution in [1.82, 2.24) is 10.2 Å². The second-order valence-electron chi connectivity index (χ2n) is 6.52. The number of likely N-dealkylation sites (N-methyl/N-ethyl adjacent to an activating group) is 1. The van der Waals surface area contributed by atoms with Gasteiger partial charge in [-0.1, -0.05) is 22.4 Å². The average molecular weight is 357 g/mol. The van der Waals surface area contributed by atoms with Crippen molar-refractivity contribution in [3.05, 3.63) is 34.1 Å². The minimum Gasteiger partial charge on any atom is -0.315 e. The molecule has 1 heterocycles. The van der Waals surface area contributed by atoms with Crippen LogP contribution >= 0.6 is 15.9 Å². The highest BCUT2D eigenvalue weighted by molar-refractivity contribution is 9.10. The second kappa shape index (κ2) is 7.21. The molecule has 2 rings (SSSR count). The van der Waals surface area contributed by atoms with Gasteiger partial charge in [-0.2, -0.15) is 0 Å². The molecule has 0 aliphatic carbocycles. The van der Waals surface area contributed by atoms with E-state index in [1.54, 1.807) is 6.07 Å². The van der Waals surface area contributed by atoms with Crippen molar-refractivity contribution < 1.29 is 4.39 Å². The molecule has 1 fully saturated rings. The Kier molecular flexibility index (Phi) is 5.81. The predicted molar refractivity (Wildman–Crippen MR) is 90.2 cm³/mol. The van der Waals surface area contributed by atoms with Crippen molar-refractivity contribution in [1.29, 1.82) is 0 Å². The number of hydrogen-bond donors (Lipinski definition) is 1. The van der Waals surface area contributed by atoms with Crippen LogP contribution in [0.2, 0.25) is 0 Å². The van der Waals surface area contributed by atoms with E-state index in [1.165, 1.54) is 25.3 Å². The number of nitrogens with one attached hydrogen (secondary N) is 1. The van der Waals surface area contributed by atoms with Gasteiger partial charge in [0.25, 0.3) is 0 Å². The van der Waals surface area contributed by atoms with E-state index in [0.29, 0.717) is 6.04 Å². The molecule has 0 spiro atoms. The lowest BCUT2D eigenvalue weighted by molar-refractivity contribution is 0.0635. The SMILES string of the molecule is CNC(Cc1cc(F)cc(Br)c1)C(C)(C)N1CCCCC1. The van der Waals surface area contributed by atoms with E-state index in [2.05, 4.69) is 40.0 Å². The fourth-order valence-corrected chi connectivity index (χ4v) is 3.87. The van der Waals surface area contributed by atoms with Gasteiger partial charge in [-0.3, -0.25) is 4.90 Å². The topological polar surface area (TPSA) is 15.3 Å². The summed E-state index contributed by atoms with van der Waals surface area (Å²) in [5.74, 6) is -0.176. The Labute approximate surface area is 136 Å². The van der Waals surface area contributed by atoms with Crippen LogP contribution in [-0.4, -0.2) is 36.6 Å². The summed E-state index contributed by atoms with van der Waals surface area (Å²) in [6, 6.07) is 5.46. The molecule has 1 atom stereocenters. The van der Waals surface area contributed by atoms with Crippen molar-refractivity contribution >= 4 is 15.9 Å². The first-order valence-electron chi connectivity index (χ1n) is 7.81. The van der Waals surface area contributed by atoms with Crippen molar-refractivity contribution in [2.45, 2.75) is 51.1 Å². The van der Waals surface area contributed by atoms with Gasteiger partial charge in [-0.25, -0.2) is 4.39 Å². The summed E-state index contributed by atoms with van der Waals surface area (Å²) < 4.78 is 14.4. The fraction of sp³-hybridized carbons (Fsp3) is 0.647. The lowest BCUT2D eigenvalue weighted by Gasteiger charge is -2.46. The van der Waals surface area contributed by atoms with Crippen LogP contribution in [0, 0.1) is 5.82 Å². The summed E-state index contributed by atoms with van der Waals surface area (Å²) in [5.41, 5.74) is 1.10. The number of piperidine rings is 1. The van der Waals surface area contributed by atoms with Gasteiger partial charge in [0.1, 0.15) is 5.82 Å². The van der Waals surface area contributed by atoms with Crippen LogP contribution in [0.15, 0.2) is 22.7 Å². The molecule has 1 aliphatic heterocycles. The minimum atomic E-state index is -0.176. The summed E-state index contributed by atoms with van der Waals surface area (Å²) in [4.78, 5) is 2.58. The van der Waals surface area contributed by atoms with Gasteiger partial charge >= 0.3 is 0 Å². The van der Waals surface area contributed by atoms with Gasteiger partial charge in [0, 0.05) is 16.1 Å². The number of likely N-dealkylation sites (tertiary alicyclic amines) is 1. The Bertz CT molecular complexity index is 450. The molecule has 1 saturated heterocycles. The maximum atomic E-state index is 13.6. The summed E-state index contributed by atoms with van der Waals surface area (Å²) in [6.07, 6.45) is 4.74. The Morgan fingerprint density at radius 3 is 2.48 bits per heavy atom. The third-order valence-corrected chi connectivity index (χ3v) is 5.19. The third kappa shape index (κ3) is 4.27. The molecule has 0 amide bonds. The van der Waals surface area contributed by atoms with Crippen LogP contribution in [0.5, 0.6) is 0 Å². The van der Waals surface area contributed by atoms with Gasteiger partial charge in [0.2, 0.25) is 0 Å². The van der Waals surface area contributed by atoms with Gasteiger partial charge in [-0.15, -0.1) is 0 Å². The Hall–Kier alpha value is -0.450. The zero-order valence-electron chi connectivity index (χ0n) is 13.3. The molecule has 0 aromatic heterocycles. The lowest BCUT2D eigenvalue weighted by Crippen LogP contribution is -2.59. The summed E-state index contributed by atoms with van der Waals surface area (Å²) in [5, 5.41) is 3.45. The second-order valence-corrected chi connectivity index (χ2v) is 7.44. The summed E-state index contributed by atoms with van der Waals surface area (Å²) in [7, 11) is 2.00. The molecule has 1 N–H and O–H groups in total. The first kappa shape index (κ1) is 16.9. The molecule has 0 saturated carbocycles. The quantitative estimate of drug-likeness (QED) is 0.858. The molecule has 0 radical (unpaired) electrons. The van der Waals surface area contributed by atoms with E-state index in [-0.39, 0.29) is 11.4 Å². The first-order valence-corrected chi connectivity index (χ1v) is 8.60. The smallest absolute Gasteiger partial charge is 0.124 e. The maximum Gasteiger partial charge on any atom is 0.124 e. The highest BCUT2D eigenvalue weighted by atomic mass is 79.9. The third-order valence-electron chi connectivity index (χ3n) is 4.73. The van der Waals surface area contributed by atoms with E-state index in [4.69, 9.17) is 0 Å². The Morgan fingerprint density at radius 2 is 1.90 bits per heavy atom. The highest BCUT2D eigenvalue weighted by Gasteiger charge is 2.35. The Morgan fingerprint density at radius 1 is 1.24 bits per heavy atom.